The second-order valence-corrected chi connectivity index (χ2v) is 6.44. The lowest BCUT2D eigenvalue weighted by Gasteiger charge is -2.35. The van der Waals surface area contributed by atoms with Gasteiger partial charge in [-0.1, -0.05) is 26.2 Å². The number of hydrogen-bond acceptors (Lipinski definition) is 3. The van der Waals surface area contributed by atoms with E-state index in [0.717, 1.165) is 19.3 Å². The smallest absolute Gasteiger partial charge is 0.220 e. The van der Waals surface area contributed by atoms with Crippen LogP contribution in [0.1, 0.15) is 58.8 Å². The van der Waals surface area contributed by atoms with Crippen LogP contribution in [0, 0.1) is 11.3 Å². The van der Waals surface area contributed by atoms with Crippen molar-refractivity contribution in [2.45, 2.75) is 64.9 Å². The van der Waals surface area contributed by atoms with Crippen molar-refractivity contribution in [2.75, 3.05) is 13.1 Å². The SMILES string of the molecule is CC(O)CC(C)CNC(=O)CC1(CN)CCCCC1. The number of nitrogens with one attached hydrogen (secondary N) is 1. The summed E-state index contributed by atoms with van der Waals surface area (Å²) in [5.74, 6) is 0.425. The molecule has 4 heteroatoms. The number of aliphatic hydroxyl groups is 1. The molecule has 1 aliphatic carbocycles. The van der Waals surface area contributed by atoms with Crippen molar-refractivity contribution in [1.29, 1.82) is 0 Å². The standard InChI is InChI=1S/C15H30N2O2/c1-12(8-13(2)18)10-17-14(19)9-15(11-16)6-4-3-5-7-15/h12-13,18H,3-11,16H2,1-2H3,(H,17,19). The van der Waals surface area contributed by atoms with E-state index in [1.54, 1.807) is 6.92 Å². The van der Waals surface area contributed by atoms with Gasteiger partial charge in [0.15, 0.2) is 0 Å². The zero-order valence-electron chi connectivity index (χ0n) is 12.5. The number of carbonyl (C=O) groups is 1. The quantitative estimate of drug-likeness (QED) is 0.660. The van der Waals surface area contributed by atoms with Gasteiger partial charge in [-0.3, -0.25) is 4.79 Å². The van der Waals surface area contributed by atoms with Gasteiger partial charge in [-0.05, 0) is 44.1 Å². The molecule has 2 unspecified atom stereocenters. The zero-order chi connectivity index (χ0) is 14.3. The Balaban J connectivity index is 2.33. The highest BCUT2D eigenvalue weighted by Crippen LogP contribution is 2.38. The molecule has 1 fully saturated rings. The van der Waals surface area contributed by atoms with Gasteiger partial charge in [0.05, 0.1) is 6.10 Å². The van der Waals surface area contributed by atoms with Crippen molar-refractivity contribution in [3.8, 4) is 0 Å². The number of hydrogen-bond donors (Lipinski definition) is 3. The molecule has 4 nitrogen and oxygen atoms in total. The molecule has 0 saturated heterocycles. The Labute approximate surface area is 117 Å². The Morgan fingerprint density at radius 3 is 2.47 bits per heavy atom. The first-order valence-electron chi connectivity index (χ1n) is 7.62. The van der Waals surface area contributed by atoms with Crippen molar-refractivity contribution < 1.29 is 9.90 Å². The van der Waals surface area contributed by atoms with Gasteiger partial charge < -0.3 is 16.2 Å². The highest BCUT2D eigenvalue weighted by molar-refractivity contribution is 5.76. The summed E-state index contributed by atoms with van der Waals surface area (Å²) in [6, 6.07) is 0. The molecule has 0 aromatic heterocycles. The number of amides is 1. The van der Waals surface area contributed by atoms with E-state index in [-0.39, 0.29) is 17.4 Å². The Morgan fingerprint density at radius 1 is 1.32 bits per heavy atom. The van der Waals surface area contributed by atoms with Crippen molar-refractivity contribution in [1.82, 2.24) is 5.32 Å². The number of carbonyl (C=O) groups excluding carboxylic acids is 1. The highest BCUT2D eigenvalue weighted by Gasteiger charge is 2.32. The third kappa shape index (κ3) is 5.91. The molecule has 0 radical (unpaired) electrons. The number of aliphatic hydroxyl groups excluding tert-OH is 1. The summed E-state index contributed by atoms with van der Waals surface area (Å²) in [6.45, 7) is 5.09. The molecule has 1 aliphatic rings. The van der Waals surface area contributed by atoms with Gasteiger partial charge in [0.25, 0.3) is 0 Å². The minimum absolute atomic E-state index is 0.0375. The summed E-state index contributed by atoms with van der Waals surface area (Å²) >= 11 is 0. The topological polar surface area (TPSA) is 75.3 Å². The summed E-state index contributed by atoms with van der Waals surface area (Å²) in [4.78, 5) is 12.0. The van der Waals surface area contributed by atoms with E-state index < -0.39 is 0 Å². The normalized spacial score (nSPS) is 21.7. The third-order valence-corrected chi connectivity index (χ3v) is 4.27. The van der Waals surface area contributed by atoms with Crippen LogP contribution in [0.25, 0.3) is 0 Å². The molecule has 1 rings (SSSR count). The van der Waals surface area contributed by atoms with Gasteiger partial charge in [0.1, 0.15) is 0 Å². The van der Waals surface area contributed by atoms with Gasteiger partial charge in [-0.25, -0.2) is 0 Å². The van der Waals surface area contributed by atoms with Crippen molar-refractivity contribution in [2.24, 2.45) is 17.1 Å². The van der Waals surface area contributed by atoms with Crippen LogP contribution in [0.15, 0.2) is 0 Å². The average Bonchev–Trinajstić information content (AvgIpc) is 2.37. The van der Waals surface area contributed by atoms with E-state index >= 15 is 0 Å². The molecule has 2 atom stereocenters. The summed E-state index contributed by atoms with van der Waals surface area (Å²) in [6.07, 6.45) is 6.81. The maximum absolute atomic E-state index is 12.0. The fourth-order valence-electron chi connectivity index (χ4n) is 3.11. The average molecular weight is 270 g/mol. The molecule has 19 heavy (non-hydrogen) atoms. The lowest BCUT2D eigenvalue weighted by Crippen LogP contribution is -2.39. The molecule has 0 spiro atoms. The van der Waals surface area contributed by atoms with Gasteiger partial charge in [-0.15, -0.1) is 0 Å². The molecule has 0 heterocycles. The highest BCUT2D eigenvalue weighted by atomic mass is 16.3. The first-order valence-corrected chi connectivity index (χ1v) is 7.62. The largest absolute Gasteiger partial charge is 0.393 e. The van der Waals surface area contributed by atoms with E-state index in [9.17, 15) is 9.90 Å². The molecule has 0 aromatic rings. The molecular formula is C15H30N2O2. The number of rotatable bonds is 7. The maximum Gasteiger partial charge on any atom is 0.220 e. The van der Waals surface area contributed by atoms with E-state index in [0.29, 0.717) is 25.4 Å². The molecule has 4 N–H and O–H groups in total. The predicted molar refractivity (Wildman–Crippen MR) is 77.7 cm³/mol. The van der Waals surface area contributed by atoms with Gasteiger partial charge >= 0.3 is 0 Å². The first-order chi connectivity index (χ1) is 8.97. The van der Waals surface area contributed by atoms with E-state index in [4.69, 9.17) is 5.73 Å². The summed E-state index contributed by atoms with van der Waals surface area (Å²) in [7, 11) is 0. The van der Waals surface area contributed by atoms with Crippen LogP contribution in [-0.4, -0.2) is 30.2 Å². The van der Waals surface area contributed by atoms with Gasteiger partial charge in [-0.2, -0.15) is 0 Å². The van der Waals surface area contributed by atoms with E-state index in [1.165, 1.54) is 19.3 Å². The molecule has 0 aromatic carbocycles. The van der Waals surface area contributed by atoms with Crippen LogP contribution in [0.5, 0.6) is 0 Å². The van der Waals surface area contributed by atoms with E-state index in [2.05, 4.69) is 5.32 Å². The third-order valence-electron chi connectivity index (χ3n) is 4.27. The summed E-state index contributed by atoms with van der Waals surface area (Å²) < 4.78 is 0. The Hall–Kier alpha value is -0.610. The fourth-order valence-corrected chi connectivity index (χ4v) is 3.11. The predicted octanol–water partition coefficient (Wildman–Crippen LogP) is 1.81. The van der Waals surface area contributed by atoms with Crippen LogP contribution in [0.4, 0.5) is 0 Å². The van der Waals surface area contributed by atoms with Crippen LogP contribution in [0.3, 0.4) is 0 Å². The monoisotopic (exact) mass is 270 g/mol. The molecule has 112 valence electrons. The van der Waals surface area contributed by atoms with Crippen molar-refractivity contribution in [3.63, 3.8) is 0 Å². The van der Waals surface area contributed by atoms with Crippen molar-refractivity contribution in [3.05, 3.63) is 0 Å². The van der Waals surface area contributed by atoms with Crippen LogP contribution in [-0.2, 0) is 4.79 Å². The zero-order valence-corrected chi connectivity index (χ0v) is 12.5. The lowest BCUT2D eigenvalue weighted by molar-refractivity contribution is -0.124. The molecule has 1 saturated carbocycles. The number of nitrogens with two attached hydrogens (primary N) is 1. The Kier molecular flexibility index (Phi) is 6.80. The Morgan fingerprint density at radius 2 is 1.95 bits per heavy atom. The molecule has 1 amide bonds. The molecular weight excluding hydrogens is 240 g/mol. The molecule has 0 aliphatic heterocycles. The van der Waals surface area contributed by atoms with Crippen molar-refractivity contribution >= 4 is 5.91 Å². The van der Waals surface area contributed by atoms with Crippen LogP contribution < -0.4 is 11.1 Å². The summed E-state index contributed by atoms with van der Waals surface area (Å²) in [5, 5.41) is 12.3. The van der Waals surface area contributed by atoms with Gasteiger partial charge in [0, 0.05) is 13.0 Å². The van der Waals surface area contributed by atoms with E-state index in [1.807, 2.05) is 6.92 Å². The minimum Gasteiger partial charge on any atom is -0.393 e. The second kappa shape index (κ2) is 7.85. The first kappa shape index (κ1) is 16.4. The second-order valence-electron chi connectivity index (χ2n) is 6.44. The Bertz CT molecular complexity index is 273. The minimum atomic E-state index is -0.305. The summed E-state index contributed by atoms with van der Waals surface area (Å²) in [5.41, 5.74) is 5.93. The maximum atomic E-state index is 12.0. The van der Waals surface area contributed by atoms with Gasteiger partial charge in [0.2, 0.25) is 5.91 Å². The van der Waals surface area contributed by atoms with Crippen LogP contribution in [0.2, 0.25) is 0 Å². The lowest BCUT2D eigenvalue weighted by atomic mass is 9.71. The molecule has 0 bridgehead atoms. The van der Waals surface area contributed by atoms with Crippen LogP contribution >= 0.6 is 0 Å². The fraction of sp³-hybridized carbons (Fsp3) is 0.933.